The molecular weight excluding hydrogens is 474 g/mol. The second-order valence-electron chi connectivity index (χ2n) is 10.6. The molecule has 186 valence electrons. The van der Waals surface area contributed by atoms with Crippen molar-refractivity contribution in [3.8, 4) is 5.75 Å². The van der Waals surface area contributed by atoms with Crippen molar-refractivity contribution in [3.63, 3.8) is 0 Å². The number of hydrogen-bond donors (Lipinski definition) is 1. The molecule has 4 aliphatic rings. The van der Waals surface area contributed by atoms with Crippen LogP contribution in [0.25, 0.3) is 10.2 Å². The first-order valence-corrected chi connectivity index (χ1v) is 13.6. The second-order valence-corrected chi connectivity index (χ2v) is 11.7. The Labute approximate surface area is 213 Å². The molecule has 5 heterocycles. The summed E-state index contributed by atoms with van der Waals surface area (Å²) < 4.78 is 11.8. The fraction of sp³-hybridized carbons (Fsp3) is 0.481. The van der Waals surface area contributed by atoms with Gasteiger partial charge < -0.3 is 19.7 Å². The number of carbonyl (C=O) groups is 1. The lowest BCUT2D eigenvalue weighted by molar-refractivity contribution is -0.223. The van der Waals surface area contributed by atoms with Crippen LogP contribution in [-0.4, -0.2) is 58.4 Å². The van der Waals surface area contributed by atoms with Gasteiger partial charge in [-0.3, -0.25) is 9.79 Å². The van der Waals surface area contributed by atoms with Gasteiger partial charge in [-0.05, 0) is 61.9 Å². The third-order valence-electron chi connectivity index (χ3n) is 7.78. The molecule has 1 N–H and O–H groups in total. The Hall–Kier alpha value is -3.04. The normalized spacial score (nSPS) is 21.3. The summed E-state index contributed by atoms with van der Waals surface area (Å²) in [4.78, 5) is 31.0. The van der Waals surface area contributed by atoms with Gasteiger partial charge in [-0.2, -0.15) is 0 Å². The number of hydrogen-bond acceptors (Lipinski definition) is 8. The van der Waals surface area contributed by atoms with Crippen molar-refractivity contribution in [3.05, 3.63) is 40.0 Å². The van der Waals surface area contributed by atoms with E-state index in [1.165, 1.54) is 16.0 Å². The number of carbonyl (C=O) groups excluding carboxylic acids is 1. The van der Waals surface area contributed by atoms with Crippen LogP contribution in [0.3, 0.4) is 0 Å². The largest absolute Gasteiger partial charge is 0.489 e. The molecule has 9 heteroatoms. The molecular formula is C27H29N5O3S. The molecule has 2 fully saturated rings. The van der Waals surface area contributed by atoms with E-state index in [1.807, 2.05) is 25.0 Å². The molecule has 7 rings (SSSR count). The van der Waals surface area contributed by atoms with Crippen LogP contribution in [0.4, 0.5) is 11.5 Å². The molecule has 3 aliphatic heterocycles. The summed E-state index contributed by atoms with van der Waals surface area (Å²) in [5, 5.41) is 4.63. The maximum absolute atomic E-state index is 13.2. The van der Waals surface area contributed by atoms with E-state index in [0.717, 1.165) is 78.4 Å². The number of rotatable bonds is 5. The van der Waals surface area contributed by atoms with Crippen molar-refractivity contribution in [2.24, 2.45) is 10.9 Å². The summed E-state index contributed by atoms with van der Waals surface area (Å²) >= 11 is 1.69. The first-order valence-electron chi connectivity index (χ1n) is 12.8. The lowest BCUT2D eigenvalue weighted by atomic mass is 9.82. The minimum absolute atomic E-state index is 0.0230. The van der Waals surface area contributed by atoms with Gasteiger partial charge in [0.2, 0.25) is 5.91 Å². The second kappa shape index (κ2) is 8.24. The molecule has 0 bridgehead atoms. The zero-order chi connectivity index (χ0) is 24.4. The number of anilines is 2. The SMILES string of the molecule is CC(C)Oc1cc2c(cc1Nc1ncnc3sc4c(c13)CCC(C(=O)N1CC3(CCO3)C1)C4)C=NC2. The molecule has 1 aromatic carbocycles. The number of nitrogens with one attached hydrogen (secondary N) is 1. The highest BCUT2D eigenvalue weighted by molar-refractivity contribution is 7.19. The zero-order valence-electron chi connectivity index (χ0n) is 20.5. The molecule has 2 saturated heterocycles. The van der Waals surface area contributed by atoms with Gasteiger partial charge in [0, 0.05) is 23.4 Å². The Kier molecular flexibility index (Phi) is 5.08. The van der Waals surface area contributed by atoms with E-state index >= 15 is 0 Å². The molecule has 36 heavy (non-hydrogen) atoms. The van der Waals surface area contributed by atoms with E-state index in [-0.39, 0.29) is 23.5 Å². The van der Waals surface area contributed by atoms with E-state index in [4.69, 9.17) is 9.47 Å². The summed E-state index contributed by atoms with van der Waals surface area (Å²) in [6.45, 7) is 7.09. The molecule has 0 saturated carbocycles. The Morgan fingerprint density at radius 1 is 1.31 bits per heavy atom. The Morgan fingerprint density at radius 2 is 2.17 bits per heavy atom. The number of likely N-dealkylation sites (tertiary alicyclic amines) is 1. The van der Waals surface area contributed by atoms with Gasteiger partial charge in [-0.15, -0.1) is 11.3 Å². The summed E-state index contributed by atoms with van der Waals surface area (Å²) in [6.07, 6.45) is 7.15. The van der Waals surface area contributed by atoms with Crippen molar-refractivity contribution in [2.45, 2.75) is 57.8 Å². The summed E-state index contributed by atoms with van der Waals surface area (Å²) in [6, 6.07) is 4.17. The molecule has 0 radical (unpaired) electrons. The van der Waals surface area contributed by atoms with Gasteiger partial charge in [0.25, 0.3) is 0 Å². The fourth-order valence-corrected chi connectivity index (χ4v) is 7.10. The number of benzene rings is 1. The predicted octanol–water partition coefficient (Wildman–Crippen LogP) is 4.26. The van der Waals surface area contributed by atoms with Crippen LogP contribution in [0.5, 0.6) is 5.75 Å². The summed E-state index contributed by atoms with van der Waals surface area (Å²) in [7, 11) is 0. The number of ether oxygens (including phenoxy) is 2. The van der Waals surface area contributed by atoms with Crippen LogP contribution in [0.1, 0.15) is 48.3 Å². The lowest BCUT2D eigenvalue weighted by Gasteiger charge is -2.55. The average molecular weight is 504 g/mol. The molecule has 1 amide bonds. The lowest BCUT2D eigenvalue weighted by Crippen LogP contribution is -2.70. The zero-order valence-corrected chi connectivity index (χ0v) is 21.4. The van der Waals surface area contributed by atoms with Gasteiger partial charge >= 0.3 is 0 Å². The number of aryl methyl sites for hydroxylation is 1. The summed E-state index contributed by atoms with van der Waals surface area (Å²) in [5.41, 5.74) is 4.41. The highest BCUT2D eigenvalue weighted by atomic mass is 32.1. The van der Waals surface area contributed by atoms with E-state index in [2.05, 4.69) is 32.4 Å². The quantitative estimate of drug-likeness (QED) is 0.560. The van der Waals surface area contributed by atoms with Gasteiger partial charge in [0.15, 0.2) is 0 Å². The van der Waals surface area contributed by atoms with Gasteiger partial charge in [0.05, 0.1) is 43.4 Å². The Bertz CT molecular complexity index is 1400. The van der Waals surface area contributed by atoms with Crippen molar-refractivity contribution in [1.82, 2.24) is 14.9 Å². The molecule has 1 unspecified atom stereocenters. The fourth-order valence-electron chi connectivity index (χ4n) is 5.83. The maximum Gasteiger partial charge on any atom is 0.226 e. The number of aliphatic imine (C=N–C) groups is 1. The maximum atomic E-state index is 13.2. The van der Waals surface area contributed by atoms with E-state index in [9.17, 15) is 4.79 Å². The Morgan fingerprint density at radius 3 is 2.94 bits per heavy atom. The molecule has 8 nitrogen and oxygen atoms in total. The number of nitrogens with zero attached hydrogens (tertiary/aromatic N) is 4. The van der Waals surface area contributed by atoms with Crippen molar-refractivity contribution in [1.29, 1.82) is 0 Å². The number of fused-ring (bicyclic) bond motifs is 4. The molecule has 1 spiro atoms. The van der Waals surface area contributed by atoms with Crippen LogP contribution < -0.4 is 10.1 Å². The number of amides is 1. The molecule has 2 aromatic heterocycles. The van der Waals surface area contributed by atoms with Crippen LogP contribution in [0, 0.1) is 5.92 Å². The highest BCUT2D eigenvalue weighted by Crippen LogP contribution is 2.43. The van der Waals surface area contributed by atoms with Gasteiger partial charge in [-0.25, -0.2) is 9.97 Å². The predicted molar refractivity (Wildman–Crippen MR) is 140 cm³/mol. The topological polar surface area (TPSA) is 88.9 Å². The van der Waals surface area contributed by atoms with Crippen molar-refractivity contribution < 1.29 is 14.3 Å². The van der Waals surface area contributed by atoms with Crippen LogP contribution in [0.2, 0.25) is 0 Å². The third-order valence-corrected chi connectivity index (χ3v) is 8.94. The number of thiophene rings is 1. The van der Waals surface area contributed by atoms with Crippen molar-refractivity contribution >= 4 is 45.2 Å². The molecule has 1 atom stereocenters. The average Bonchev–Trinajstić information content (AvgIpc) is 3.40. The molecule has 1 aliphatic carbocycles. The smallest absolute Gasteiger partial charge is 0.226 e. The van der Waals surface area contributed by atoms with E-state index in [1.54, 1.807) is 17.7 Å². The van der Waals surface area contributed by atoms with Crippen LogP contribution in [-0.2, 0) is 28.9 Å². The standard InChI is InChI=1S/C27H29N5O3S/c1-15(2)35-21-8-18-11-28-10-17(18)7-20(21)31-24-23-19-4-3-16(9-22(19)36-25(23)30-14-29-24)26(33)32-12-27(13-32)5-6-34-27/h7-8,10,14-16H,3-6,9,11-13H2,1-2H3,(H,29,30,31). The van der Waals surface area contributed by atoms with E-state index in [0.29, 0.717) is 6.54 Å². The first-order chi connectivity index (χ1) is 17.5. The monoisotopic (exact) mass is 503 g/mol. The highest BCUT2D eigenvalue weighted by Gasteiger charge is 2.51. The minimum Gasteiger partial charge on any atom is -0.489 e. The summed E-state index contributed by atoms with van der Waals surface area (Å²) in [5.74, 6) is 1.91. The first kappa shape index (κ1) is 22.2. The number of aromatic nitrogens is 2. The Balaban J connectivity index is 1.17. The van der Waals surface area contributed by atoms with Crippen LogP contribution in [0.15, 0.2) is 23.5 Å². The van der Waals surface area contributed by atoms with Crippen molar-refractivity contribution in [2.75, 3.05) is 25.0 Å². The van der Waals surface area contributed by atoms with Crippen LogP contribution >= 0.6 is 11.3 Å². The van der Waals surface area contributed by atoms with E-state index < -0.39 is 0 Å². The van der Waals surface area contributed by atoms with Gasteiger partial charge in [-0.1, -0.05) is 0 Å². The third kappa shape index (κ3) is 3.59. The molecule has 3 aromatic rings. The minimum atomic E-state index is -0.0230. The van der Waals surface area contributed by atoms with Gasteiger partial charge in [0.1, 0.15) is 28.3 Å².